The lowest BCUT2D eigenvalue weighted by Gasteiger charge is -2.25. The first-order chi connectivity index (χ1) is 15.4. The van der Waals surface area contributed by atoms with E-state index in [1.54, 1.807) is 24.3 Å². The summed E-state index contributed by atoms with van der Waals surface area (Å²) in [6, 6.07) is 11.9. The molecule has 0 heterocycles. The molecule has 7 heteroatoms. The van der Waals surface area contributed by atoms with Gasteiger partial charge < -0.3 is 14.2 Å². The summed E-state index contributed by atoms with van der Waals surface area (Å²) in [5.74, 6) is -3.81. The van der Waals surface area contributed by atoms with Crippen molar-refractivity contribution in [1.82, 2.24) is 0 Å². The number of Topliss-reactive ketones (excluding diaryl/α,β-unsaturated/α-hetero) is 1. The van der Waals surface area contributed by atoms with Crippen molar-refractivity contribution in [3.05, 3.63) is 65.5 Å². The molecule has 2 aromatic rings. The van der Waals surface area contributed by atoms with Gasteiger partial charge >= 0.3 is 11.9 Å². The largest absolute Gasteiger partial charge is 0.497 e. The number of hydrogen-bond acceptors (Lipinski definition) is 6. The van der Waals surface area contributed by atoms with Crippen molar-refractivity contribution >= 4 is 17.7 Å². The lowest BCUT2D eigenvalue weighted by Crippen LogP contribution is -2.35. The number of carbonyl (C=O) groups excluding carboxylic acids is 3. The summed E-state index contributed by atoms with van der Waals surface area (Å²) >= 11 is 0. The highest BCUT2D eigenvalue weighted by molar-refractivity contribution is 6.00. The molecule has 0 aliphatic rings. The van der Waals surface area contributed by atoms with E-state index in [1.807, 2.05) is 13.8 Å². The van der Waals surface area contributed by atoms with Crippen LogP contribution >= 0.6 is 0 Å². The highest BCUT2D eigenvalue weighted by Gasteiger charge is 2.39. The zero-order chi connectivity index (χ0) is 23.5. The van der Waals surface area contributed by atoms with Crippen LogP contribution in [0.1, 0.15) is 54.9 Å². The van der Waals surface area contributed by atoms with Crippen LogP contribution in [0.25, 0.3) is 0 Å². The third-order valence-electron chi connectivity index (χ3n) is 4.92. The molecule has 1 atom stereocenters. The third kappa shape index (κ3) is 6.90. The number of ether oxygens (including phenoxy) is 3. The van der Waals surface area contributed by atoms with Crippen molar-refractivity contribution in [1.29, 1.82) is 0 Å². The van der Waals surface area contributed by atoms with E-state index in [0.29, 0.717) is 24.2 Å². The molecule has 2 rings (SSSR count). The molecule has 6 nitrogen and oxygen atoms in total. The normalized spacial score (nSPS) is 11.7. The lowest BCUT2D eigenvalue weighted by molar-refractivity contribution is -0.163. The van der Waals surface area contributed by atoms with E-state index in [4.69, 9.17) is 14.2 Å². The van der Waals surface area contributed by atoms with Crippen LogP contribution < -0.4 is 4.74 Å². The minimum Gasteiger partial charge on any atom is -0.497 e. The number of hydrogen-bond donors (Lipinski definition) is 0. The second kappa shape index (κ2) is 12.6. The van der Waals surface area contributed by atoms with Gasteiger partial charge in [-0.05, 0) is 54.8 Å². The van der Waals surface area contributed by atoms with Crippen LogP contribution in [0.15, 0.2) is 48.5 Å². The maximum absolute atomic E-state index is 13.3. The molecule has 0 amide bonds. The Morgan fingerprint density at radius 2 is 1.38 bits per heavy atom. The van der Waals surface area contributed by atoms with E-state index in [2.05, 4.69) is 0 Å². The van der Waals surface area contributed by atoms with Crippen molar-refractivity contribution in [2.75, 3.05) is 20.3 Å². The second-order valence-corrected chi connectivity index (χ2v) is 7.33. The molecule has 0 fully saturated rings. The molecule has 0 unspecified atom stereocenters. The highest BCUT2D eigenvalue weighted by atomic mass is 19.1. The van der Waals surface area contributed by atoms with Crippen LogP contribution in [0.2, 0.25) is 0 Å². The molecule has 172 valence electrons. The van der Waals surface area contributed by atoms with Gasteiger partial charge in [-0.2, -0.15) is 0 Å². The molecule has 0 N–H and O–H groups in total. The molecule has 0 saturated heterocycles. The number of rotatable bonds is 12. The smallest absolute Gasteiger partial charge is 0.320 e. The topological polar surface area (TPSA) is 78.9 Å². The van der Waals surface area contributed by atoms with E-state index in [9.17, 15) is 18.8 Å². The molecule has 0 aliphatic heterocycles. The van der Waals surface area contributed by atoms with Gasteiger partial charge in [-0.1, -0.05) is 26.0 Å². The van der Waals surface area contributed by atoms with Crippen LogP contribution in [0.3, 0.4) is 0 Å². The van der Waals surface area contributed by atoms with E-state index in [0.717, 1.165) is 0 Å². The number of halogens is 1. The van der Waals surface area contributed by atoms with Gasteiger partial charge in [0.05, 0.1) is 20.3 Å². The zero-order valence-corrected chi connectivity index (χ0v) is 18.6. The Labute approximate surface area is 187 Å². The SMILES string of the molecule is CCCOC(=O)C(C(=O)OCCC)[C@@H](CC(=O)c1ccc(F)cc1)c1ccc(OC)cc1. The number of methoxy groups -OCH3 is 1. The van der Waals surface area contributed by atoms with Gasteiger partial charge in [-0.15, -0.1) is 0 Å². The predicted molar refractivity (Wildman–Crippen MR) is 117 cm³/mol. The Balaban J connectivity index is 2.44. The van der Waals surface area contributed by atoms with Crippen molar-refractivity contribution in [3.8, 4) is 5.75 Å². The van der Waals surface area contributed by atoms with Gasteiger partial charge in [0.1, 0.15) is 11.6 Å². The standard InChI is InChI=1S/C25H29FO6/c1-4-14-31-24(28)23(25(29)32-15-5-2)21(17-8-12-20(30-3)13-9-17)16-22(27)18-6-10-19(26)11-7-18/h6-13,21,23H,4-5,14-16H2,1-3H3/t21-/m0/s1. The van der Waals surface area contributed by atoms with Crippen molar-refractivity contribution < 1.29 is 33.0 Å². The third-order valence-corrected chi connectivity index (χ3v) is 4.92. The summed E-state index contributed by atoms with van der Waals surface area (Å²) < 4.78 is 29.0. The van der Waals surface area contributed by atoms with E-state index >= 15 is 0 Å². The van der Waals surface area contributed by atoms with Crippen molar-refractivity contribution in [3.63, 3.8) is 0 Å². The second-order valence-electron chi connectivity index (χ2n) is 7.33. The summed E-state index contributed by atoms with van der Waals surface area (Å²) in [5, 5.41) is 0. The summed E-state index contributed by atoms with van der Waals surface area (Å²) in [6.45, 7) is 3.99. The predicted octanol–water partition coefficient (Wildman–Crippen LogP) is 4.71. The minimum atomic E-state index is -1.31. The van der Waals surface area contributed by atoms with Gasteiger partial charge in [-0.3, -0.25) is 14.4 Å². The van der Waals surface area contributed by atoms with Gasteiger partial charge in [0.25, 0.3) is 0 Å². The first kappa shape index (κ1) is 25.0. The van der Waals surface area contributed by atoms with Crippen LogP contribution in [0, 0.1) is 11.7 Å². The highest BCUT2D eigenvalue weighted by Crippen LogP contribution is 2.33. The first-order valence-corrected chi connectivity index (χ1v) is 10.7. The van der Waals surface area contributed by atoms with Gasteiger partial charge in [0.2, 0.25) is 0 Å². The zero-order valence-electron chi connectivity index (χ0n) is 18.6. The number of benzene rings is 2. The summed E-state index contributed by atoms with van der Waals surface area (Å²) in [7, 11) is 1.53. The Hall–Kier alpha value is -3.22. The van der Waals surface area contributed by atoms with Crippen LogP contribution in [-0.2, 0) is 19.1 Å². The van der Waals surface area contributed by atoms with Gasteiger partial charge in [0.15, 0.2) is 11.7 Å². The molecule has 0 aromatic heterocycles. The average Bonchev–Trinajstić information content (AvgIpc) is 2.81. The number of ketones is 1. The Bertz CT molecular complexity index is 872. The fourth-order valence-electron chi connectivity index (χ4n) is 3.24. The van der Waals surface area contributed by atoms with Crippen LogP contribution in [0.4, 0.5) is 4.39 Å². The molecule has 0 saturated carbocycles. The molecular formula is C25H29FO6. The molecule has 0 aliphatic carbocycles. The summed E-state index contributed by atoms with van der Waals surface area (Å²) in [5.41, 5.74) is 0.876. The summed E-state index contributed by atoms with van der Waals surface area (Å²) in [6.07, 6.45) is 1.01. The van der Waals surface area contributed by atoms with Crippen LogP contribution in [0.5, 0.6) is 5.75 Å². The quantitative estimate of drug-likeness (QED) is 0.268. The fourth-order valence-corrected chi connectivity index (χ4v) is 3.24. The monoisotopic (exact) mass is 444 g/mol. The van der Waals surface area contributed by atoms with E-state index in [-0.39, 0.29) is 31.0 Å². The molecule has 0 radical (unpaired) electrons. The Kier molecular flexibility index (Phi) is 9.85. The van der Waals surface area contributed by atoms with Gasteiger partial charge in [-0.25, -0.2) is 4.39 Å². The maximum Gasteiger partial charge on any atom is 0.320 e. The maximum atomic E-state index is 13.3. The van der Waals surface area contributed by atoms with Crippen molar-refractivity contribution in [2.45, 2.75) is 39.0 Å². The Morgan fingerprint density at radius 3 is 1.84 bits per heavy atom. The molecule has 0 bridgehead atoms. The average molecular weight is 444 g/mol. The molecule has 0 spiro atoms. The minimum absolute atomic E-state index is 0.150. The van der Waals surface area contributed by atoms with E-state index in [1.165, 1.54) is 31.4 Å². The first-order valence-electron chi connectivity index (χ1n) is 10.7. The number of esters is 2. The summed E-state index contributed by atoms with van der Waals surface area (Å²) in [4.78, 5) is 38.8. The van der Waals surface area contributed by atoms with Gasteiger partial charge in [0, 0.05) is 17.9 Å². The van der Waals surface area contributed by atoms with E-state index < -0.39 is 29.6 Å². The molecular weight excluding hydrogens is 415 g/mol. The lowest BCUT2D eigenvalue weighted by atomic mass is 9.81. The molecule has 32 heavy (non-hydrogen) atoms. The Morgan fingerprint density at radius 1 is 0.844 bits per heavy atom. The van der Waals surface area contributed by atoms with Crippen LogP contribution in [-0.4, -0.2) is 38.0 Å². The number of carbonyl (C=O) groups is 3. The fraction of sp³-hybridized carbons (Fsp3) is 0.400. The van der Waals surface area contributed by atoms with Crippen molar-refractivity contribution in [2.24, 2.45) is 5.92 Å². The molecule has 2 aromatic carbocycles.